The maximum atomic E-state index is 12.8. The number of rotatable bonds is 6. The van der Waals surface area contributed by atoms with Crippen molar-refractivity contribution in [3.05, 3.63) is 35.4 Å². The van der Waals surface area contributed by atoms with Crippen molar-refractivity contribution in [1.82, 2.24) is 10.2 Å². The van der Waals surface area contributed by atoms with E-state index in [0.717, 1.165) is 31.5 Å². The third-order valence-electron chi connectivity index (χ3n) is 4.52. The van der Waals surface area contributed by atoms with E-state index in [0.29, 0.717) is 6.04 Å². The molecular formula is C18H28N2O. The van der Waals surface area contributed by atoms with Crippen molar-refractivity contribution in [3.63, 3.8) is 0 Å². The van der Waals surface area contributed by atoms with E-state index in [4.69, 9.17) is 0 Å². The molecule has 1 aromatic carbocycles. The molecule has 0 aromatic heterocycles. The van der Waals surface area contributed by atoms with Crippen LogP contribution >= 0.6 is 0 Å². The Morgan fingerprint density at radius 1 is 1.19 bits per heavy atom. The Morgan fingerprint density at radius 3 is 2.29 bits per heavy atom. The summed E-state index contributed by atoms with van der Waals surface area (Å²) in [6.45, 7) is 8.08. The van der Waals surface area contributed by atoms with Crippen LogP contribution in [0.3, 0.4) is 0 Å². The number of likely N-dealkylation sites (N-methyl/N-ethyl adjacent to an activating group) is 1. The van der Waals surface area contributed by atoms with Gasteiger partial charge in [-0.05, 0) is 38.4 Å². The number of nitrogens with zero attached hydrogens (tertiary/aromatic N) is 1. The summed E-state index contributed by atoms with van der Waals surface area (Å²) < 4.78 is 0. The molecule has 21 heavy (non-hydrogen) atoms. The SMILES string of the molecule is CCN(CC)C(C(=O)NC1CCCC1)c1ccc(C)cc1. The van der Waals surface area contributed by atoms with Crippen LogP contribution in [0.25, 0.3) is 0 Å². The van der Waals surface area contributed by atoms with E-state index in [-0.39, 0.29) is 11.9 Å². The van der Waals surface area contributed by atoms with Gasteiger partial charge in [0, 0.05) is 6.04 Å². The van der Waals surface area contributed by atoms with Crippen molar-refractivity contribution < 1.29 is 4.79 Å². The Hall–Kier alpha value is -1.35. The first-order valence-corrected chi connectivity index (χ1v) is 8.26. The lowest BCUT2D eigenvalue weighted by molar-refractivity contribution is -0.127. The molecule has 0 aliphatic heterocycles. The molecule has 0 heterocycles. The van der Waals surface area contributed by atoms with Crippen molar-refractivity contribution in [2.45, 2.75) is 58.5 Å². The summed E-state index contributed by atoms with van der Waals surface area (Å²) in [7, 11) is 0. The smallest absolute Gasteiger partial charge is 0.242 e. The molecule has 116 valence electrons. The fraction of sp³-hybridized carbons (Fsp3) is 0.611. The number of aryl methyl sites for hydroxylation is 1. The second-order valence-electron chi connectivity index (χ2n) is 6.02. The molecule has 1 saturated carbocycles. The maximum Gasteiger partial charge on any atom is 0.242 e. The lowest BCUT2D eigenvalue weighted by Gasteiger charge is -2.30. The van der Waals surface area contributed by atoms with Gasteiger partial charge in [-0.1, -0.05) is 56.5 Å². The molecule has 0 bridgehead atoms. The van der Waals surface area contributed by atoms with Crippen molar-refractivity contribution in [1.29, 1.82) is 0 Å². The van der Waals surface area contributed by atoms with Gasteiger partial charge in [0.25, 0.3) is 0 Å². The topological polar surface area (TPSA) is 32.3 Å². The van der Waals surface area contributed by atoms with Gasteiger partial charge in [0.05, 0.1) is 0 Å². The molecule has 1 unspecified atom stereocenters. The van der Waals surface area contributed by atoms with E-state index in [1.54, 1.807) is 0 Å². The third kappa shape index (κ3) is 4.07. The normalized spacial score (nSPS) is 17.1. The van der Waals surface area contributed by atoms with Gasteiger partial charge in [0.15, 0.2) is 0 Å². The number of nitrogens with one attached hydrogen (secondary N) is 1. The Labute approximate surface area is 128 Å². The first kappa shape index (κ1) is 16.0. The Kier molecular flexibility index (Phi) is 5.80. The molecular weight excluding hydrogens is 260 g/mol. The highest BCUT2D eigenvalue weighted by Crippen LogP contribution is 2.24. The zero-order valence-electron chi connectivity index (χ0n) is 13.6. The summed E-state index contributed by atoms with van der Waals surface area (Å²) in [4.78, 5) is 15.0. The minimum absolute atomic E-state index is 0.162. The van der Waals surface area contributed by atoms with Gasteiger partial charge in [-0.3, -0.25) is 9.69 Å². The number of benzene rings is 1. The van der Waals surface area contributed by atoms with Crippen molar-refractivity contribution in [2.75, 3.05) is 13.1 Å². The van der Waals surface area contributed by atoms with Crippen molar-refractivity contribution in [3.8, 4) is 0 Å². The van der Waals surface area contributed by atoms with E-state index in [1.165, 1.54) is 18.4 Å². The highest BCUT2D eigenvalue weighted by atomic mass is 16.2. The number of carbonyl (C=O) groups is 1. The van der Waals surface area contributed by atoms with Gasteiger partial charge in [-0.25, -0.2) is 0 Å². The van der Waals surface area contributed by atoms with Gasteiger partial charge >= 0.3 is 0 Å². The number of carbonyl (C=O) groups excluding carboxylic acids is 1. The minimum atomic E-state index is -0.166. The van der Waals surface area contributed by atoms with Gasteiger partial charge in [0.1, 0.15) is 6.04 Å². The summed E-state index contributed by atoms with van der Waals surface area (Å²) in [5.41, 5.74) is 2.33. The van der Waals surface area contributed by atoms with Crippen LogP contribution in [0, 0.1) is 6.92 Å². The van der Waals surface area contributed by atoms with Gasteiger partial charge < -0.3 is 5.32 Å². The van der Waals surface area contributed by atoms with Crippen LogP contribution in [-0.4, -0.2) is 29.9 Å². The van der Waals surface area contributed by atoms with E-state index in [9.17, 15) is 4.79 Å². The summed E-state index contributed by atoms with van der Waals surface area (Å²) in [5.74, 6) is 0.162. The zero-order chi connectivity index (χ0) is 15.2. The quantitative estimate of drug-likeness (QED) is 0.869. The van der Waals surface area contributed by atoms with E-state index in [1.807, 2.05) is 0 Å². The number of amides is 1. The Bertz CT molecular complexity index is 445. The fourth-order valence-corrected chi connectivity index (χ4v) is 3.22. The molecule has 3 nitrogen and oxygen atoms in total. The molecule has 1 aliphatic rings. The highest BCUT2D eigenvalue weighted by molar-refractivity contribution is 5.83. The molecule has 1 atom stereocenters. The second kappa shape index (κ2) is 7.60. The molecule has 0 spiro atoms. The van der Waals surface area contributed by atoms with Gasteiger partial charge in [0.2, 0.25) is 5.91 Å². The summed E-state index contributed by atoms with van der Waals surface area (Å²) >= 11 is 0. The van der Waals surface area contributed by atoms with Crippen LogP contribution in [0.5, 0.6) is 0 Å². The lowest BCUT2D eigenvalue weighted by atomic mass is 10.0. The van der Waals surface area contributed by atoms with Crippen LogP contribution in [0.2, 0.25) is 0 Å². The summed E-state index contributed by atoms with van der Waals surface area (Å²) in [5, 5.41) is 3.26. The largest absolute Gasteiger partial charge is 0.352 e. The van der Waals surface area contributed by atoms with Crippen LogP contribution in [0.1, 0.15) is 56.7 Å². The van der Waals surface area contributed by atoms with Crippen LogP contribution in [0.15, 0.2) is 24.3 Å². The van der Waals surface area contributed by atoms with Gasteiger partial charge in [-0.15, -0.1) is 0 Å². The van der Waals surface area contributed by atoms with E-state index >= 15 is 0 Å². The molecule has 1 aliphatic carbocycles. The fourth-order valence-electron chi connectivity index (χ4n) is 3.22. The summed E-state index contributed by atoms with van der Waals surface area (Å²) in [6.07, 6.45) is 4.74. The zero-order valence-corrected chi connectivity index (χ0v) is 13.6. The number of hydrogen-bond donors (Lipinski definition) is 1. The van der Waals surface area contributed by atoms with Gasteiger partial charge in [-0.2, -0.15) is 0 Å². The lowest BCUT2D eigenvalue weighted by Crippen LogP contribution is -2.43. The highest BCUT2D eigenvalue weighted by Gasteiger charge is 2.28. The Balaban J connectivity index is 2.18. The molecule has 1 N–H and O–H groups in total. The average Bonchev–Trinajstić information content (AvgIpc) is 2.98. The first-order chi connectivity index (χ1) is 10.2. The molecule has 1 amide bonds. The second-order valence-corrected chi connectivity index (χ2v) is 6.02. The minimum Gasteiger partial charge on any atom is -0.352 e. The van der Waals surface area contributed by atoms with Crippen LogP contribution in [-0.2, 0) is 4.79 Å². The molecule has 1 aromatic rings. The van der Waals surface area contributed by atoms with Crippen molar-refractivity contribution in [2.24, 2.45) is 0 Å². The monoisotopic (exact) mass is 288 g/mol. The molecule has 0 radical (unpaired) electrons. The first-order valence-electron chi connectivity index (χ1n) is 8.26. The predicted octanol–water partition coefficient (Wildman–Crippen LogP) is 3.44. The molecule has 2 rings (SSSR count). The molecule has 3 heteroatoms. The average molecular weight is 288 g/mol. The van der Waals surface area contributed by atoms with Crippen LogP contribution < -0.4 is 5.32 Å². The van der Waals surface area contributed by atoms with Crippen molar-refractivity contribution >= 4 is 5.91 Å². The van der Waals surface area contributed by atoms with Crippen LogP contribution in [0.4, 0.5) is 0 Å². The Morgan fingerprint density at radius 2 is 1.76 bits per heavy atom. The molecule has 1 fully saturated rings. The predicted molar refractivity (Wildman–Crippen MR) is 87.2 cm³/mol. The van der Waals surface area contributed by atoms with E-state index in [2.05, 4.69) is 55.3 Å². The maximum absolute atomic E-state index is 12.8. The number of hydrogen-bond acceptors (Lipinski definition) is 2. The standard InChI is InChI=1S/C18H28N2O/c1-4-20(5-2)17(15-12-10-14(3)11-13-15)18(21)19-16-8-6-7-9-16/h10-13,16-17H,4-9H2,1-3H3,(H,19,21). The third-order valence-corrected chi connectivity index (χ3v) is 4.52. The molecule has 0 saturated heterocycles. The summed E-state index contributed by atoms with van der Waals surface area (Å²) in [6, 6.07) is 8.57. The van der Waals surface area contributed by atoms with E-state index < -0.39 is 0 Å².